The predicted molar refractivity (Wildman–Crippen MR) is 115 cm³/mol. The molecule has 3 rings (SSSR count). The Hall–Kier alpha value is -2.68. The molecular weight excluding hydrogens is 386 g/mol. The Kier molecular flexibility index (Phi) is 7.40. The molecule has 9 heteroatoms. The second-order valence-electron chi connectivity index (χ2n) is 6.74. The highest BCUT2D eigenvalue weighted by Crippen LogP contribution is 2.16. The third-order valence-electron chi connectivity index (χ3n) is 4.84. The van der Waals surface area contributed by atoms with Gasteiger partial charge in [0.1, 0.15) is 11.6 Å². The molecule has 0 radical (unpaired) electrons. The van der Waals surface area contributed by atoms with Crippen molar-refractivity contribution in [2.75, 3.05) is 6.54 Å². The normalized spacial score (nSPS) is 11.8. The number of hydrogen-bond acceptors (Lipinski definition) is 6. The van der Waals surface area contributed by atoms with Crippen LogP contribution in [0.5, 0.6) is 0 Å². The summed E-state index contributed by atoms with van der Waals surface area (Å²) in [6.45, 7) is 7.97. The minimum Gasteiger partial charge on any atom is -0.361 e. The summed E-state index contributed by atoms with van der Waals surface area (Å²) < 4.78 is 7.44. The maximum absolute atomic E-state index is 5.47. The Bertz CT molecular complexity index is 905. The maximum atomic E-state index is 5.47. The Labute approximate surface area is 175 Å². The van der Waals surface area contributed by atoms with E-state index < -0.39 is 0 Å². The first kappa shape index (κ1) is 21.0. The molecule has 0 unspecified atom stereocenters. The second kappa shape index (κ2) is 10.2. The number of guanidine groups is 1. The van der Waals surface area contributed by atoms with Gasteiger partial charge in [0.05, 0.1) is 18.8 Å². The van der Waals surface area contributed by atoms with Crippen LogP contribution in [0, 0.1) is 6.92 Å². The molecule has 0 saturated heterocycles. The van der Waals surface area contributed by atoms with Gasteiger partial charge in [0.2, 0.25) is 0 Å². The molecule has 0 fully saturated rings. The summed E-state index contributed by atoms with van der Waals surface area (Å²) in [5, 5.41) is 21.4. The molecule has 156 valence electrons. The highest BCUT2D eigenvalue weighted by atomic mass is 32.1. The minimum absolute atomic E-state index is 0.530. The SMILES string of the molecule is CCc1noc(CC)c1CN=C(NCCc1cccs1)NCc1nnc(C)n1C. The predicted octanol–water partition coefficient (Wildman–Crippen LogP) is 2.78. The van der Waals surface area contributed by atoms with Crippen molar-refractivity contribution in [3.05, 3.63) is 51.1 Å². The summed E-state index contributed by atoms with van der Waals surface area (Å²) in [5.41, 5.74) is 2.07. The molecule has 0 spiro atoms. The van der Waals surface area contributed by atoms with Gasteiger partial charge in [-0.2, -0.15) is 0 Å². The molecule has 0 aliphatic heterocycles. The van der Waals surface area contributed by atoms with Crippen LogP contribution in [0.1, 0.15) is 47.4 Å². The Morgan fingerprint density at radius 1 is 1.24 bits per heavy atom. The molecule has 3 heterocycles. The first-order valence-electron chi connectivity index (χ1n) is 9.98. The lowest BCUT2D eigenvalue weighted by atomic mass is 10.1. The summed E-state index contributed by atoms with van der Waals surface area (Å²) >= 11 is 1.77. The Balaban J connectivity index is 1.69. The number of thiophene rings is 1. The number of aliphatic imine (C=N–C) groups is 1. The molecule has 3 aromatic rings. The second-order valence-corrected chi connectivity index (χ2v) is 7.77. The molecule has 29 heavy (non-hydrogen) atoms. The van der Waals surface area contributed by atoms with Crippen LogP contribution in [0.4, 0.5) is 0 Å². The van der Waals surface area contributed by atoms with Crippen molar-refractivity contribution in [2.24, 2.45) is 12.0 Å². The van der Waals surface area contributed by atoms with Crippen molar-refractivity contribution in [2.45, 2.75) is 53.1 Å². The van der Waals surface area contributed by atoms with E-state index in [4.69, 9.17) is 9.52 Å². The van der Waals surface area contributed by atoms with Crippen molar-refractivity contribution in [3.63, 3.8) is 0 Å². The molecule has 0 aliphatic carbocycles. The lowest BCUT2D eigenvalue weighted by Gasteiger charge is -2.12. The third kappa shape index (κ3) is 5.44. The zero-order valence-corrected chi connectivity index (χ0v) is 18.3. The fraction of sp³-hybridized carbons (Fsp3) is 0.500. The zero-order chi connectivity index (χ0) is 20.6. The number of nitrogens with zero attached hydrogens (tertiary/aromatic N) is 5. The van der Waals surface area contributed by atoms with Gasteiger partial charge in [-0.25, -0.2) is 4.99 Å². The van der Waals surface area contributed by atoms with Crippen LogP contribution in [0.2, 0.25) is 0 Å². The van der Waals surface area contributed by atoms with E-state index in [1.165, 1.54) is 4.88 Å². The van der Waals surface area contributed by atoms with E-state index in [-0.39, 0.29) is 0 Å². The highest BCUT2D eigenvalue weighted by molar-refractivity contribution is 7.09. The van der Waals surface area contributed by atoms with Crippen LogP contribution < -0.4 is 10.6 Å². The molecule has 0 amide bonds. The fourth-order valence-electron chi connectivity index (χ4n) is 2.98. The Morgan fingerprint density at radius 3 is 2.76 bits per heavy atom. The zero-order valence-electron chi connectivity index (χ0n) is 17.5. The van der Waals surface area contributed by atoms with Crippen molar-refractivity contribution in [3.8, 4) is 0 Å². The summed E-state index contributed by atoms with van der Waals surface area (Å²) in [6, 6.07) is 4.23. The summed E-state index contributed by atoms with van der Waals surface area (Å²) in [6.07, 6.45) is 2.60. The van der Waals surface area contributed by atoms with Gasteiger partial charge in [0.25, 0.3) is 0 Å². The van der Waals surface area contributed by atoms with Gasteiger partial charge in [-0.05, 0) is 31.2 Å². The van der Waals surface area contributed by atoms with Gasteiger partial charge >= 0.3 is 0 Å². The van der Waals surface area contributed by atoms with Crippen LogP contribution in [0.25, 0.3) is 0 Å². The lowest BCUT2D eigenvalue weighted by Crippen LogP contribution is -2.38. The lowest BCUT2D eigenvalue weighted by molar-refractivity contribution is 0.380. The summed E-state index contributed by atoms with van der Waals surface area (Å²) in [7, 11) is 1.96. The monoisotopic (exact) mass is 415 g/mol. The van der Waals surface area contributed by atoms with Gasteiger partial charge < -0.3 is 19.7 Å². The summed E-state index contributed by atoms with van der Waals surface area (Å²) in [4.78, 5) is 6.14. The first-order chi connectivity index (χ1) is 14.1. The van der Waals surface area contributed by atoms with Crippen molar-refractivity contribution in [1.29, 1.82) is 0 Å². The van der Waals surface area contributed by atoms with E-state index in [1.807, 2.05) is 18.5 Å². The van der Waals surface area contributed by atoms with Crippen LogP contribution >= 0.6 is 11.3 Å². The molecule has 0 aliphatic rings. The summed E-state index contributed by atoms with van der Waals surface area (Å²) in [5.74, 6) is 3.40. The van der Waals surface area contributed by atoms with E-state index in [1.54, 1.807) is 11.3 Å². The molecule has 2 N–H and O–H groups in total. The van der Waals surface area contributed by atoms with E-state index in [2.05, 4.69) is 57.3 Å². The van der Waals surface area contributed by atoms with Crippen LogP contribution in [0.3, 0.4) is 0 Å². The smallest absolute Gasteiger partial charge is 0.191 e. The minimum atomic E-state index is 0.530. The molecule has 0 aromatic carbocycles. The third-order valence-corrected chi connectivity index (χ3v) is 5.78. The maximum Gasteiger partial charge on any atom is 0.191 e. The van der Waals surface area contributed by atoms with Crippen molar-refractivity contribution >= 4 is 17.3 Å². The van der Waals surface area contributed by atoms with Gasteiger partial charge in [-0.15, -0.1) is 21.5 Å². The van der Waals surface area contributed by atoms with Crippen molar-refractivity contribution in [1.82, 2.24) is 30.6 Å². The Morgan fingerprint density at radius 2 is 2.10 bits per heavy atom. The number of rotatable bonds is 9. The van der Waals surface area contributed by atoms with Crippen molar-refractivity contribution < 1.29 is 4.52 Å². The molecule has 0 bridgehead atoms. The van der Waals surface area contributed by atoms with E-state index in [9.17, 15) is 0 Å². The number of nitrogens with one attached hydrogen (secondary N) is 2. The number of aryl methyl sites for hydroxylation is 3. The van der Waals surface area contributed by atoms with Gasteiger partial charge in [-0.1, -0.05) is 25.1 Å². The van der Waals surface area contributed by atoms with Crippen LogP contribution in [-0.2, 0) is 39.4 Å². The van der Waals surface area contributed by atoms with Crippen LogP contribution in [-0.4, -0.2) is 32.4 Å². The molecule has 8 nitrogen and oxygen atoms in total. The van der Waals surface area contributed by atoms with Gasteiger partial charge in [0, 0.05) is 30.5 Å². The standard InChI is InChI=1S/C20H29N7OS/c1-5-17-16(18(6-2)28-26-17)12-22-20(21-10-9-15-8-7-11-29-15)23-13-19-25-24-14(3)27(19)4/h7-8,11H,5-6,9-10,12-13H2,1-4H3,(H2,21,22,23). The average molecular weight is 416 g/mol. The number of hydrogen-bond donors (Lipinski definition) is 2. The van der Waals surface area contributed by atoms with Gasteiger partial charge in [-0.3, -0.25) is 0 Å². The fourth-order valence-corrected chi connectivity index (χ4v) is 3.68. The number of aromatic nitrogens is 4. The van der Waals surface area contributed by atoms with E-state index >= 15 is 0 Å². The topological polar surface area (TPSA) is 93.2 Å². The van der Waals surface area contributed by atoms with E-state index in [0.717, 1.165) is 60.4 Å². The first-order valence-corrected chi connectivity index (χ1v) is 10.9. The molecule has 0 atom stereocenters. The highest BCUT2D eigenvalue weighted by Gasteiger charge is 2.13. The largest absolute Gasteiger partial charge is 0.361 e. The quantitative estimate of drug-likeness (QED) is 0.412. The van der Waals surface area contributed by atoms with Crippen LogP contribution in [0.15, 0.2) is 27.0 Å². The van der Waals surface area contributed by atoms with E-state index in [0.29, 0.717) is 13.1 Å². The van der Waals surface area contributed by atoms with Gasteiger partial charge in [0.15, 0.2) is 11.8 Å². The molecule has 3 aromatic heterocycles. The molecule has 0 saturated carbocycles. The molecular formula is C20H29N7OS. The average Bonchev–Trinajstić information content (AvgIpc) is 3.45.